The highest BCUT2D eigenvalue weighted by Crippen LogP contribution is 2.39. The average molecular weight is 421 g/mol. The summed E-state index contributed by atoms with van der Waals surface area (Å²) in [6.45, 7) is 1.86. The van der Waals surface area contributed by atoms with E-state index in [-0.39, 0.29) is 23.0 Å². The maximum atomic E-state index is 13.2. The van der Waals surface area contributed by atoms with Crippen molar-refractivity contribution in [3.8, 4) is 5.82 Å². The molecular weight excluding hydrogens is 404 g/mol. The van der Waals surface area contributed by atoms with Crippen molar-refractivity contribution in [3.05, 3.63) is 74.8 Å². The second kappa shape index (κ2) is 6.77. The number of anilines is 1. The summed E-state index contributed by atoms with van der Waals surface area (Å²) in [6.07, 6.45) is 0.166. The number of nitrogens with zero attached hydrogens (tertiary/aromatic N) is 5. The van der Waals surface area contributed by atoms with Gasteiger partial charge in [0.25, 0.3) is 5.56 Å². The molecule has 0 saturated carbocycles. The number of carbonyl (C=O) groups excluding carboxylic acids is 1. The van der Waals surface area contributed by atoms with Crippen molar-refractivity contribution < 1.29 is 4.79 Å². The van der Waals surface area contributed by atoms with Crippen molar-refractivity contribution >= 4 is 34.2 Å². The summed E-state index contributed by atoms with van der Waals surface area (Å²) < 4.78 is 3.16. The molecule has 4 heterocycles. The van der Waals surface area contributed by atoms with E-state index in [0.717, 1.165) is 16.5 Å². The quantitative estimate of drug-likeness (QED) is 0.538. The van der Waals surface area contributed by atoms with E-state index in [1.54, 1.807) is 23.7 Å². The first-order valence-corrected chi connectivity index (χ1v) is 9.79. The molecule has 0 aliphatic carbocycles. The highest BCUT2D eigenvalue weighted by Gasteiger charge is 2.34. The molecule has 4 aromatic rings. The number of amides is 1. The Kier molecular flexibility index (Phi) is 4.18. The fourth-order valence-electron chi connectivity index (χ4n) is 4.10. The summed E-state index contributed by atoms with van der Waals surface area (Å²) in [5, 5.41) is 16.6. The minimum Gasteiger partial charge on any atom is -0.311 e. The molecule has 8 nitrogen and oxygen atoms in total. The van der Waals surface area contributed by atoms with E-state index in [2.05, 4.69) is 20.6 Å². The van der Waals surface area contributed by atoms with Gasteiger partial charge < -0.3 is 9.88 Å². The molecule has 9 heteroatoms. The average Bonchev–Trinajstić information content (AvgIpc) is 3.07. The van der Waals surface area contributed by atoms with E-state index >= 15 is 0 Å². The molecule has 1 aliphatic rings. The molecule has 0 unspecified atom stereocenters. The van der Waals surface area contributed by atoms with Crippen LogP contribution in [0.3, 0.4) is 0 Å². The molecule has 1 aliphatic heterocycles. The van der Waals surface area contributed by atoms with Crippen LogP contribution >= 0.6 is 11.6 Å². The van der Waals surface area contributed by atoms with Crippen LogP contribution in [-0.2, 0) is 11.8 Å². The molecule has 0 fully saturated rings. The summed E-state index contributed by atoms with van der Waals surface area (Å²) in [5.74, 6) is 0.327. The molecule has 5 rings (SSSR count). The predicted octanol–water partition coefficient (Wildman–Crippen LogP) is 2.95. The van der Waals surface area contributed by atoms with E-state index in [1.807, 2.05) is 37.3 Å². The molecule has 1 aromatic carbocycles. The van der Waals surface area contributed by atoms with Crippen molar-refractivity contribution in [2.24, 2.45) is 7.05 Å². The van der Waals surface area contributed by atoms with Gasteiger partial charge in [0, 0.05) is 30.5 Å². The molecular formula is C21H17ClN6O2. The van der Waals surface area contributed by atoms with Gasteiger partial charge in [-0.1, -0.05) is 29.8 Å². The number of hydrogen-bond acceptors (Lipinski definition) is 5. The lowest BCUT2D eigenvalue weighted by Gasteiger charge is -2.24. The van der Waals surface area contributed by atoms with Gasteiger partial charge in [0.2, 0.25) is 5.91 Å². The van der Waals surface area contributed by atoms with Gasteiger partial charge >= 0.3 is 0 Å². The third-order valence-electron chi connectivity index (χ3n) is 5.47. The first-order chi connectivity index (χ1) is 14.4. The van der Waals surface area contributed by atoms with Crippen LogP contribution in [0.2, 0.25) is 5.15 Å². The van der Waals surface area contributed by atoms with Gasteiger partial charge in [-0.3, -0.25) is 9.59 Å². The number of benzene rings is 1. The first kappa shape index (κ1) is 18.5. The first-order valence-electron chi connectivity index (χ1n) is 9.41. The molecule has 1 amide bonds. The lowest BCUT2D eigenvalue weighted by atomic mass is 9.86. The van der Waals surface area contributed by atoms with Crippen LogP contribution in [0.1, 0.15) is 29.2 Å². The summed E-state index contributed by atoms with van der Waals surface area (Å²) in [5.41, 5.74) is 2.80. The van der Waals surface area contributed by atoms with Crippen LogP contribution in [0.15, 0.2) is 47.3 Å². The van der Waals surface area contributed by atoms with E-state index in [0.29, 0.717) is 22.9 Å². The third-order valence-corrected chi connectivity index (χ3v) is 5.68. The SMILES string of the molecule is Cc1nn(-c2ccc(Cl)nn2)c2c1[C@@H](c1cc3ccccc3n(C)c1=O)CC(=O)N2. The van der Waals surface area contributed by atoms with Gasteiger partial charge in [-0.05, 0) is 36.6 Å². The molecule has 150 valence electrons. The molecule has 30 heavy (non-hydrogen) atoms. The zero-order valence-electron chi connectivity index (χ0n) is 16.3. The molecule has 0 radical (unpaired) electrons. The van der Waals surface area contributed by atoms with E-state index in [9.17, 15) is 9.59 Å². The van der Waals surface area contributed by atoms with Gasteiger partial charge in [-0.15, -0.1) is 10.2 Å². The summed E-state index contributed by atoms with van der Waals surface area (Å²) in [7, 11) is 1.75. The molecule has 1 atom stereocenters. The summed E-state index contributed by atoms with van der Waals surface area (Å²) in [4.78, 5) is 25.8. The molecule has 3 aromatic heterocycles. The Labute approximate surface area is 176 Å². The van der Waals surface area contributed by atoms with Crippen LogP contribution in [0.4, 0.5) is 5.82 Å². The normalized spacial score (nSPS) is 15.8. The lowest BCUT2D eigenvalue weighted by Crippen LogP contribution is -2.30. The van der Waals surface area contributed by atoms with Crippen LogP contribution < -0.4 is 10.9 Å². The number of fused-ring (bicyclic) bond motifs is 2. The number of hydrogen-bond donors (Lipinski definition) is 1. The molecule has 0 bridgehead atoms. The number of pyridine rings is 1. The van der Waals surface area contributed by atoms with Crippen LogP contribution in [0.25, 0.3) is 16.7 Å². The molecule has 0 saturated heterocycles. The van der Waals surface area contributed by atoms with Crippen molar-refractivity contribution in [3.63, 3.8) is 0 Å². The van der Waals surface area contributed by atoms with Crippen LogP contribution in [0, 0.1) is 6.92 Å². The highest BCUT2D eigenvalue weighted by molar-refractivity contribution is 6.29. The largest absolute Gasteiger partial charge is 0.311 e. The van der Waals surface area contributed by atoms with Crippen molar-refractivity contribution in [2.75, 3.05) is 5.32 Å². The molecule has 1 N–H and O–H groups in total. The molecule has 0 spiro atoms. The van der Waals surface area contributed by atoms with Crippen LogP contribution in [-0.4, -0.2) is 30.5 Å². The van der Waals surface area contributed by atoms with E-state index in [1.165, 1.54) is 4.68 Å². The maximum Gasteiger partial charge on any atom is 0.254 e. The fraction of sp³-hybridized carbons (Fsp3) is 0.190. The number of aryl methyl sites for hydroxylation is 2. The Hall–Kier alpha value is -3.52. The van der Waals surface area contributed by atoms with Gasteiger partial charge in [0.15, 0.2) is 11.0 Å². The Morgan fingerprint density at radius 2 is 1.93 bits per heavy atom. The standard InChI is InChI=1S/C21H17ClN6O2/c1-11-19-13(14-9-12-5-3-4-6-15(12)27(2)21(14)30)10-18(29)23-20(19)28(26-11)17-8-7-16(22)24-25-17/h3-9,13H,10H2,1-2H3,(H,23,29)/t13-/m1/s1. The lowest BCUT2D eigenvalue weighted by molar-refractivity contribution is -0.116. The number of halogens is 1. The van der Waals surface area contributed by atoms with Gasteiger partial charge in [-0.2, -0.15) is 9.78 Å². The zero-order valence-corrected chi connectivity index (χ0v) is 17.0. The smallest absolute Gasteiger partial charge is 0.254 e. The van der Waals surface area contributed by atoms with Gasteiger partial charge in [0.1, 0.15) is 5.82 Å². The minimum atomic E-state index is -0.411. The topological polar surface area (TPSA) is 94.7 Å². The van der Waals surface area contributed by atoms with E-state index < -0.39 is 5.92 Å². The van der Waals surface area contributed by atoms with E-state index in [4.69, 9.17) is 11.6 Å². The Morgan fingerprint density at radius 1 is 1.13 bits per heavy atom. The number of para-hydroxylation sites is 1. The second-order valence-electron chi connectivity index (χ2n) is 7.30. The number of carbonyl (C=O) groups is 1. The monoisotopic (exact) mass is 420 g/mol. The number of aromatic nitrogens is 5. The Morgan fingerprint density at radius 3 is 2.70 bits per heavy atom. The van der Waals surface area contributed by atoms with Gasteiger partial charge in [-0.25, -0.2) is 0 Å². The zero-order chi connectivity index (χ0) is 21.0. The van der Waals surface area contributed by atoms with Crippen LogP contribution in [0.5, 0.6) is 0 Å². The fourth-order valence-corrected chi connectivity index (χ4v) is 4.20. The second-order valence-corrected chi connectivity index (χ2v) is 7.69. The predicted molar refractivity (Wildman–Crippen MR) is 113 cm³/mol. The maximum absolute atomic E-state index is 13.2. The summed E-state index contributed by atoms with van der Waals surface area (Å²) >= 11 is 5.84. The Bertz CT molecular complexity index is 1370. The summed E-state index contributed by atoms with van der Waals surface area (Å²) in [6, 6.07) is 12.8. The number of rotatable bonds is 2. The van der Waals surface area contributed by atoms with Gasteiger partial charge in [0.05, 0.1) is 11.2 Å². The highest BCUT2D eigenvalue weighted by atomic mass is 35.5. The third kappa shape index (κ3) is 2.80. The van der Waals surface area contributed by atoms with Crippen molar-refractivity contribution in [1.82, 2.24) is 24.5 Å². The minimum absolute atomic E-state index is 0.127. The van der Waals surface area contributed by atoms with Crippen molar-refractivity contribution in [1.29, 1.82) is 0 Å². The Balaban J connectivity index is 1.73. The number of nitrogens with one attached hydrogen (secondary N) is 1. The van der Waals surface area contributed by atoms with Crippen molar-refractivity contribution in [2.45, 2.75) is 19.3 Å².